The minimum atomic E-state index is -4.62. The highest BCUT2D eigenvalue weighted by Gasteiger charge is 2.22. The number of azo groups is 1. The SMILES string of the molecule is Cc1[nH]n(-c2ccc(S(=O)(=O)O)c(Cl)c2Cl)c(=O)c1N=Nc1ccc(S(=O)(=O)O)cc1. The van der Waals surface area contributed by atoms with Crippen LogP contribution in [0.4, 0.5) is 11.4 Å². The van der Waals surface area contributed by atoms with Crippen molar-refractivity contribution in [1.82, 2.24) is 9.78 Å². The van der Waals surface area contributed by atoms with Crippen LogP contribution in [0.15, 0.2) is 61.2 Å². The van der Waals surface area contributed by atoms with Gasteiger partial charge in [0, 0.05) is 0 Å². The topological polar surface area (TPSA) is 171 Å². The van der Waals surface area contributed by atoms with E-state index in [2.05, 4.69) is 15.3 Å². The second-order valence-electron chi connectivity index (χ2n) is 6.08. The van der Waals surface area contributed by atoms with Gasteiger partial charge in [0.15, 0.2) is 5.69 Å². The van der Waals surface area contributed by atoms with Crippen molar-refractivity contribution in [3.63, 3.8) is 0 Å². The molecular weight excluding hydrogens is 495 g/mol. The molecule has 0 spiro atoms. The van der Waals surface area contributed by atoms with Gasteiger partial charge in [-0.1, -0.05) is 23.2 Å². The Morgan fingerprint density at radius 2 is 1.52 bits per heavy atom. The maximum Gasteiger partial charge on any atom is 0.299 e. The monoisotopic (exact) mass is 506 g/mol. The van der Waals surface area contributed by atoms with E-state index in [1.54, 1.807) is 0 Å². The van der Waals surface area contributed by atoms with Crippen LogP contribution in [-0.2, 0) is 20.2 Å². The fourth-order valence-electron chi connectivity index (χ4n) is 2.51. The second kappa shape index (κ2) is 8.18. The molecule has 1 aromatic heterocycles. The van der Waals surface area contributed by atoms with E-state index in [1.165, 1.54) is 25.1 Å². The highest BCUT2D eigenvalue weighted by Crippen LogP contribution is 2.34. The van der Waals surface area contributed by atoms with Gasteiger partial charge in [-0.05, 0) is 43.3 Å². The standard InChI is InChI=1S/C16H12Cl2N4O7S2/c1-8-15(20-19-9-2-4-10(5-3-9)30(24,25)26)16(23)22(21-8)11-6-7-12(31(27,28)29)14(18)13(11)17/h2-7,21H,1H3,(H,24,25,26)(H,27,28,29). The summed E-state index contributed by atoms with van der Waals surface area (Å²) in [5.41, 5.74) is -0.295. The molecule has 0 radical (unpaired) electrons. The van der Waals surface area contributed by atoms with Gasteiger partial charge in [0.1, 0.15) is 4.90 Å². The molecule has 31 heavy (non-hydrogen) atoms. The van der Waals surface area contributed by atoms with Crippen molar-refractivity contribution in [2.75, 3.05) is 0 Å². The molecule has 0 saturated carbocycles. The van der Waals surface area contributed by atoms with Gasteiger partial charge in [0.25, 0.3) is 25.8 Å². The van der Waals surface area contributed by atoms with Crippen LogP contribution in [0.5, 0.6) is 0 Å². The quantitative estimate of drug-likeness (QED) is 0.349. The number of rotatable bonds is 5. The van der Waals surface area contributed by atoms with Gasteiger partial charge in [-0.25, -0.2) is 4.68 Å². The first-order valence-electron chi connectivity index (χ1n) is 8.07. The lowest BCUT2D eigenvalue weighted by Gasteiger charge is -2.08. The molecule has 3 N–H and O–H groups in total. The smallest absolute Gasteiger partial charge is 0.293 e. The van der Waals surface area contributed by atoms with Gasteiger partial charge >= 0.3 is 0 Å². The first kappa shape index (κ1) is 23.1. The van der Waals surface area contributed by atoms with Crippen LogP contribution in [-0.4, -0.2) is 35.7 Å². The van der Waals surface area contributed by atoms with Gasteiger partial charge in [-0.2, -0.15) is 21.9 Å². The van der Waals surface area contributed by atoms with Gasteiger partial charge < -0.3 is 0 Å². The summed E-state index contributed by atoms with van der Waals surface area (Å²) < 4.78 is 63.9. The summed E-state index contributed by atoms with van der Waals surface area (Å²) in [6, 6.07) is 6.94. The molecule has 11 nitrogen and oxygen atoms in total. The lowest BCUT2D eigenvalue weighted by Crippen LogP contribution is -2.15. The number of aromatic amines is 1. The molecule has 0 aliphatic carbocycles. The van der Waals surface area contributed by atoms with E-state index >= 15 is 0 Å². The summed E-state index contributed by atoms with van der Waals surface area (Å²) in [6.07, 6.45) is 0. The highest BCUT2D eigenvalue weighted by molar-refractivity contribution is 7.86. The molecule has 164 valence electrons. The molecule has 3 rings (SSSR count). The predicted molar refractivity (Wildman–Crippen MR) is 111 cm³/mol. The fraction of sp³-hybridized carbons (Fsp3) is 0.0625. The lowest BCUT2D eigenvalue weighted by molar-refractivity contribution is 0.481. The third-order valence-corrected chi connectivity index (χ3v) is 6.73. The van der Waals surface area contributed by atoms with E-state index < -0.39 is 35.7 Å². The van der Waals surface area contributed by atoms with Crippen molar-refractivity contribution in [3.05, 3.63) is 62.5 Å². The number of H-pyrrole nitrogens is 1. The number of halogens is 2. The van der Waals surface area contributed by atoms with Crippen molar-refractivity contribution in [1.29, 1.82) is 0 Å². The number of benzene rings is 2. The van der Waals surface area contributed by atoms with Crippen molar-refractivity contribution in [2.24, 2.45) is 10.2 Å². The maximum atomic E-state index is 12.7. The fourth-order valence-corrected chi connectivity index (χ4v) is 4.32. The minimum absolute atomic E-state index is 0.00567. The zero-order chi connectivity index (χ0) is 23.1. The summed E-state index contributed by atoms with van der Waals surface area (Å²) in [7, 11) is -8.98. The Morgan fingerprint density at radius 3 is 2.06 bits per heavy atom. The predicted octanol–water partition coefficient (Wildman–Crippen LogP) is 3.69. The third-order valence-electron chi connectivity index (χ3n) is 3.99. The van der Waals surface area contributed by atoms with E-state index in [9.17, 15) is 26.2 Å². The first-order chi connectivity index (χ1) is 14.3. The molecule has 0 atom stereocenters. The molecule has 0 unspecified atom stereocenters. The Hall–Kier alpha value is -2.55. The molecule has 0 bridgehead atoms. The van der Waals surface area contributed by atoms with Crippen LogP contribution in [0.1, 0.15) is 5.69 Å². The highest BCUT2D eigenvalue weighted by atomic mass is 35.5. The molecule has 0 aliphatic rings. The largest absolute Gasteiger partial charge is 0.299 e. The van der Waals surface area contributed by atoms with Crippen LogP contribution in [0.25, 0.3) is 5.69 Å². The Morgan fingerprint density at radius 1 is 0.903 bits per heavy atom. The van der Waals surface area contributed by atoms with E-state index in [-0.39, 0.29) is 32.7 Å². The van der Waals surface area contributed by atoms with Crippen LogP contribution >= 0.6 is 23.2 Å². The van der Waals surface area contributed by atoms with E-state index in [4.69, 9.17) is 27.8 Å². The molecule has 2 aromatic carbocycles. The summed E-state index contributed by atoms with van der Waals surface area (Å²) in [5.74, 6) is 0. The molecule has 0 saturated heterocycles. The van der Waals surface area contributed by atoms with Gasteiger partial charge in [0.2, 0.25) is 0 Å². The van der Waals surface area contributed by atoms with Crippen molar-refractivity contribution >= 4 is 54.8 Å². The van der Waals surface area contributed by atoms with Crippen LogP contribution in [0, 0.1) is 6.92 Å². The van der Waals surface area contributed by atoms with Gasteiger partial charge in [0.05, 0.1) is 32.0 Å². The average Bonchev–Trinajstić information content (AvgIpc) is 2.94. The molecule has 0 fully saturated rings. The zero-order valence-electron chi connectivity index (χ0n) is 15.3. The lowest BCUT2D eigenvalue weighted by atomic mass is 10.3. The van der Waals surface area contributed by atoms with E-state index in [0.717, 1.165) is 22.9 Å². The van der Waals surface area contributed by atoms with Gasteiger partial charge in [-0.15, -0.1) is 5.11 Å². The molecule has 3 aromatic rings. The van der Waals surface area contributed by atoms with E-state index in [1.807, 2.05) is 0 Å². The van der Waals surface area contributed by atoms with Gasteiger partial charge in [-0.3, -0.25) is 19.0 Å². The van der Waals surface area contributed by atoms with Crippen molar-refractivity contribution in [2.45, 2.75) is 16.7 Å². The summed E-state index contributed by atoms with van der Waals surface area (Å²) >= 11 is 12.0. The van der Waals surface area contributed by atoms with Crippen molar-refractivity contribution in [3.8, 4) is 5.69 Å². The number of nitrogens with one attached hydrogen (secondary N) is 1. The molecular formula is C16H12Cl2N4O7S2. The minimum Gasteiger partial charge on any atom is -0.293 e. The first-order valence-corrected chi connectivity index (χ1v) is 11.7. The summed E-state index contributed by atoms with van der Waals surface area (Å²) in [6.45, 7) is 1.52. The zero-order valence-corrected chi connectivity index (χ0v) is 18.5. The molecule has 0 aliphatic heterocycles. The molecule has 1 heterocycles. The number of aromatic nitrogens is 2. The number of hydrogen-bond donors (Lipinski definition) is 3. The van der Waals surface area contributed by atoms with Crippen LogP contribution in [0.3, 0.4) is 0 Å². The normalized spacial score (nSPS) is 12.5. The number of aryl methyl sites for hydroxylation is 1. The average molecular weight is 507 g/mol. The molecule has 0 amide bonds. The van der Waals surface area contributed by atoms with Crippen LogP contribution < -0.4 is 5.56 Å². The second-order valence-corrected chi connectivity index (χ2v) is 9.65. The Kier molecular flexibility index (Phi) is 6.10. The van der Waals surface area contributed by atoms with E-state index in [0.29, 0.717) is 0 Å². The number of nitrogens with zero attached hydrogens (tertiary/aromatic N) is 3. The van der Waals surface area contributed by atoms with Crippen LogP contribution in [0.2, 0.25) is 10.0 Å². The Bertz CT molecular complexity index is 1480. The Balaban J connectivity index is 2.01. The number of hydrogen-bond acceptors (Lipinski definition) is 7. The maximum absolute atomic E-state index is 12.7. The summed E-state index contributed by atoms with van der Waals surface area (Å²) in [4.78, 5) is 11.8. The van der Waals surface area contributed by atoms with Crippen molar-refractivity contribution < 1.29 is 25.9 Å². The third kappa shape index (κ3) is 4.71. The molecule has 15 heteroatoms. The Labute approximate surface area is 185 Å². The summed E-state index contributed by atoms with van der Waals surface area (Å²) in [5, 5.41) is 9.65.